The highest BCUT2D eigenvalue weighted by Gasteiger charge is 2.13. The molecule has 1 N–H and O–H groups in total. The van der Waals surface area contributed by atoms with Crippen LogP contribution in [0.3, 0.4) is 0 Å². The molecule has 0 aliphatic carbocycles. The van der Waals surface area contributed by atoms with Crippen molar-refractivity contribution < 1.29 is 0 Å². The maximum absolute atomic E-state index is 11.6. The molecule has 1 aromatic heterocycles. The molecule has 0 spiro atoms. The van der Waals surface area contributed by atoms with E-state index >= 15 is 0 Å². The second-order valence-electron chi connectivity index (χ2n) is 5.76. The Morgan fingerprint density at radius 3 is 2.32 bits per heavy atom. The van der Waals surface area contributed by atoms with Crippen molar-refractivity contribution >= 4 is 0 Å². The zero-order valence-corrected chi connectivity index (χ0v) is 11.9. The number of nitrogens with zero attached hydrogens (tertiary/aromatic N) is 1. The zero-order valence-electron chi connectivity index (χ0n) is 11.9. The van der Waals surface area contributed by atoms with Crippen LogP contribution in [0.15, 0.2) is 35.1 Å². The predicted molar refractivity (Wildman–Crippen MR) is 78.4 cm³/mol. The van der Waals surface area contributed by atoms with Crippen molar-refractivity contribution in [1.82, 2.24) is 9.97 Å². The SMILES string of the molecule is CCc1nc(-c2ccc(C(C)(C)C)cc2)cc(=O)[nH]1. The molecule has 3 nitrogen and oxygen atoms in total. The lowest BCUT2D eigenvalue weighted by Gasteiger charge is -2.19. The molecule has 2 rings (SSSR count). The molecule has 0 bridgehead atoms. The van der Waals surface area contributed by atoms with Gasteiger partial charge in [-0.3, -0.25) is 4.79 Å². The number of aromatic amines is 1. The number of hydrogen-bond donors (Lipinski definition) is 1. The summed E-state index contributed by atoms with van der Waals surface area (Å²) in [4.78, 5) is 18.8. The Bertz CT molecular complexity index is 618. The normalized spacial score (nSPS) is 11.6. The fraction of sp³-hybridized carbons (Fsp3) is 0.375. The van der Waals surface area contributed by atoms with E-state index in [9.17, 15) is 4.79 Å². The quantitative estimate of drug-likeness (QED) is 0.896. The highest BCUT2D eigenvalue weighted by molar-refractivity contribution is 5.59. The van der Waals surface area contributed by atoms with E-state index < -0.39 is 0 Å². The van der Waals surface area contributed by atoms with Crippen LogP contribution in [0.5, 0.6) is 0 Å². The molecule has 100 valence electrons. The number of aromatic nitrogens is 2. The Morgan fingerprint density at radius 1 is 1.16 bits per heavy atom. The van der Waals surface area contributed by atoms with Crippen molar-refractivity contribution in [3.05, 3.63) is 52.1 Å². The van der Waals surface area contributed by atoms with Gasteiger partial charge in [-0.25, -0.2) is 4.98 Å². The van der Waals surface area contributed by atoms with Gasteiger partial charge in [0.15, 0.2) is 0 Å². The summed E-state index contributed by atoms with van der Waals surface area (Å²) in [6, 6.07) is 9.81. The summed E-state index contributed by atoms with van der Waals surface area (Å²) >= 11 is 0. The smallest absolute Gasteiger partial charge is 0.251 e. The molecule has 2 aromatic rings. The van der Waals surface area contributed by atoms with Gasteiger partial charge in [-0.05, 0) is 11.0 Å². The maximum Gasteiger partial charge on any atom is 0.251 e. The fourth-order valence-corrected chi connectivity index (χ4v) is 1.96. The van der Waals surface area contributed by atoms with Gasteiger partial charge >= 0.3 is 0 Å². The summed E-state index contributed by atoms with van der Waals surface area (Å²) in [5.74, 6) is 0.724. The Labute approximate surface area is 113 Å². The zero-order chi connectivity index (χ0) is 14.0. The van der Waals surface area contributed by atoms with Crippen LogP contribution < -0.4 is 5.56 Å². The van der Waals surface area contributed by atoms with Crippen LogP contribution in [0.1, 0.15) is 39.1 Å². The largest absolute Gasteiger partial charge is 0.311 e. The third-order valence-corrected chi connectivity index (χ3v) is 3.17. The van der Waals surface area contributed by atoms with Crippen molar-refractivity contribution in [3.63, 3.8) is 0 Å². The van der Waals surface area contributed by atoms with Crippen LogP contribution in [0.25, 0.3) is 11.3 Å². The minimum absolute atomic E-state index is 0.0956. The number of benzene rings is 1. The van der Waals surface area contributed by atoms with E-state index in [0.717, 1.165) is 23.5 Å². The summed E-state index contributed by atoms with van der Waals surface area (Å²) in [5.41, 5.74) is 3.03. The van der Waals surface area contributed by atoms with Crippen LogP contribution in [-0.2, 0) is 11.8 Å². The molecule has 0 amide bonds. The number of hydrogen-bond acceptors (Lipinski definition) is 2. The second kappa shape index (κ2) is 5.00. The van der Waals surface area contributed by atoms with E-state index in [-0.39, 0.29) is 11.0 Å². The van der Waals surface area contributed by atoms with Crippen LogP contribution >= 0.6 is 0 Å². The highest BCUT2D eigenvalue weighted by Crippen LogP contribution is 2.24. The first-order valence-electron chi connectivity index (χ1n) is 6.61. The Kier molecular flexibility index (Phi) is 3.56. The van der Waals surface area contributed by atoms with Crippen molar-refractivity contribution in [3.8, 4) is 11.3 Å². The lowest BCUT2D eigenvalue weighted by atomic mass is 9.86. The molecule has 0 radical (unpaired) electrons. The third kappa shape index (κ3) is 3.11. The summed E-state index contributed by atoms with van der Waals surface area (Å²) in [6.45, 7) is 8.53. The van der Waals surface area contributed by atoms with Gasteiger partial charge < -0.3 is 4.98 Å². The first kappa shape index (κ1) is 13.5. The summed E-state index contributed by atoms with van der Waals surface area (Å²) < 4.78 is 0. The standard InChI is InChI=1S/C16H20N2O/c1-5-14-17-13(10-15(19)18-14)11-6-8-12(9-7-11)16(2,3)4/h6-10H,5H2,1-4H3,(H,17,18,19). The number of aryl methyl sites for hydroxylation is 1. The molecule has 0 fully saturated rings. The van der Waals surface area contributed by atoms with Crippen LogP contribution in [-0.4, -0.2) is 9.97 Å². The lowest BCUT2D eigenvalue weighted by molar-refractivity contribution is 0.590. The first-order valence-corrected chi connectivity index (χ1v) is 6.61. The van der Waals surface area contributed by atoms with Gasteiger partial charge in [0.25, 0.3) is 5.56 Å². The first-order chi connectivity index (χ1) is 8.90. The lowest BCUT2D eigenvalue weighted by Crippen LogP contribution is -2.11. The molecular formula is C16H20N2O. The van der Waals surface area contributed by atoms with Crippen molar-refractivity contribution in [1.29, 1.82) is 0 Å². The molecule has 19 heavy (non-hydrogen) atoms. The van der Waals surface area contributed by atoms with Crippen molar-refractivity contribution in [2.45, 2.75) is 39.5 Å². The minimum Gasteiger partial charge on any atom is -0.311 e. The van der Waals surface area contributed by atoms with Gasteiger partial charge in [0.2, 0.25) is 0 Å². The average Bonchev–Trinajstić information content (AvgIpc) is 2.37. The van der Waals surface area contributed by atoms with Crippen molar-refractivity contribution in [2.75, 3.05) is 0 Å². The molecule has 1 aromatic carbocycles. The van der Waals surface area contributed by atoms with Gasteiger partial charge in [-0.2, -0.15) is 0 Å². The van der Waals surface area contributed by atoms with E-state index in [2.05, 4.69) is 42.9 Å². The molecule has 0 aliphatic heterocycles. The summed E-state index contributed by atoms with van der Waals surface area (Å²) in [7, 11) is 0. The topological polar surface area (TPSA) is 45.8 Å². The van der Waals surface area contributed by atoms with Crippen molar-refractivity contribution in [2.24, 2.45) is 0 Å². The molecule has 0 aliphatic rings. The second-order valence-corrected chi connectivity index (χ2v) is 5.76. The highest BCUT2D eigenvalue weighted by atomic mass is 16.1. The predicted octanol–water partition coefficient (Wildman–Crippen LogP) is 3.30. The molecule has 0 unspecified atom stereocenters. The van der Waals surface area contributed by atoms with Gasteiger partial charge in [0.1, 0.15) is 5.82 Å². The van der Waals surface area contributed by atoms with E-state index in [0.29, 0.717) is 0 Å². The Hall–Kier alpha value is -1.90. The van der Waals surface area contributed by atoms with Gasteiger partial charge in [0, 0.05) is 18.1 Å². The molecule has 0 saturated carbocycles. The monoisotopic (exact) mass is 256 g/mol. The molecular weight excluding hydrogens is 236 g/mol. The Balaban J connectivity index is 2.43. The van der Waals surface area contributed by atoms with Crippen LogP contribution in [0.4, 0.5) is 0 Å². The van der Waals surface area contributed by atoms with Gasteiger partial charge in [-0.15, -0.1) is 0 Å². The minimum atomic E-state index is -0.0956. The van der Waals surface area contributed by atoms with Gasteiger partial charge in [0.05, 0.1) is 5.69 Å². The number of H-pyrrole nitrogens is 1. The Morgan fingerprint density at radius 2 is 1.79 bits per heavy atom. The number of nitrogens with one attached hydrogen (secondary N) is 1. The van der Waals surface area contributed by atoms with E-state index in [1.807, 2.05) is 19.1 Å². The average molecular weight is 256 g/mol. The molecule has 3 heteroatoms. The third-order valence-electron chi connectivity index (χ3n) is 3.17. The van der Waals surface area contributed by atoms with E-state index in [1.165, 1.54) is 5.56 Å². The fourth-order valence-electron chi connectivity index (χ4n) is 1.96. The van der Waals surface area contributed by atoms with Crippen LogP contribution in [0, 0.1) is 0 Å². The molecule has 0 saturated heterocycles. The summed E-state index contributed by atoms with van der Waals surface area (Å²) in [6.07, 6.45) is 0.725. The van der Waals surface area contributed by atoms with Gasteiger partial charge in [-0.1, -0.05) is 52.0 Å². The van der Waals surface area contributed by atoms with Crippen LogP contribution in [0.2, 0.25) is 0 Å². The maximum atomic E-state index is 11.6. The van der Waals surface area contributed by atoms with E-state index in [1.54, 1.807) is 6.07 Å². The molecule has 0 atom stereocenters. The number of rotatable bonds is 2. The van der Waals surface area contributed by atoms with E-state index in [4.69, 9.17) is 0 Å². The molecule has 1 heterocycles. The summed E-state index contributed by atoms with van der Waals surface area (Å²) in [5, 5.41) is 0.